The van der Waals surface area contributed by atoms with Gasteiger partial charge in [-0.1, -0.05) is 40.0 Å². The van der Waals surface area contributed by atoms with E-state index in [1.165, 1.54) is 25.7 Å². The Morgan fingerprint density at radius 2 is 2.00 bits per heavy atom. The number of amides is 1. The van der Waals surface area contributed by atoms with Crippen LogP contribution in [0.3, 0.4) is 0 Å². The molecule has 1 N–H and O–H groups in total. The molecule has 0 aromatic rings. The molecule has 110 valence electrons. The highest BCUT2D eigenvalue weighted by atomic mass is 16.2. The normalized spacial score (nSPS) is 28.8. The van der Waals surface area contributed by atoms with Crippen LogP contribution in [0.15, 0.2) is 0 Å². The van der Waals surface area contributed by atoms with E-state index >= 15 is 0 Å². The lowest BCUT2D eigenvalue weighted by Gasteiger charge is -2.28. The van der Waals surface area contributed by atoms with Gasteiger partial charge < -0.3 is 4.90 Å². The topological polar surface area (TPSA) is 32.3 Å². The first-order valence-corrected chi connectivity index (χ1v) is 8.20. The number of rotatable bonds is 6. The van der Waals surface area contributed by atoms with Crippen molar-refractivity contribution < 1.29 is 4.79 Å². The monoisotopic (exact) mass is 266 g/mol. The van der Waals surface area contributed by atoms with Gasteiger partial charge in [0.25, 0.3) is 0 Å². The highest BCUT2D eigenvalue weighted by Crippen LogP contribution is 2.33. The predicted molar refractivity (Wildman–Crippen MR) is 78.7 cm³/mol. The number of unbranched alkanes of at least 4 members (excludes halogenated alkanes) is 1. The van der Waals surface area contributed by atoms with Crippen LogP contribution in [-0.4, -0.2) is 29.6 Å². The van der Waals surface area contributed by atoms with Crippen molar-refractivity contribution in [2.24, 2.45) is 11.8 Å². The van der Waals surface area contributed by atoms with Crippen LogP contribution in [0.1, 0.15) is 65.7 Å². The second-order valence-electron chi connectivity index (χ2n) is 6.72. The molecule has 2 rings (SSSR count). The van der Waals surface area contributed by atoms with E-state index < -0.39 is 0 Å². The van der Waals surface area contributed by atoms with E-state index in [4.69, 9.17) is 0 Å². The fourth-order valence-electron chi connectivity index (χ4n) is 3.59. The van der Waals surface area contributed by atoms with Crippen molar-refractivity contribution >= 4 is 5.91 Å². The Morgan fingerprint density at radius 3 is 2.58 bits per heavy atom. The van der Waals surface area contributed by atoms with E-state index in [2.05, 4.69) is 31.0 Å². The van der Waals surface area contributed by atoms with E-state index in [1.807, 2.05) is 0 Å². The SMILES string of the molecule is CCCCN1C(=O)C(CC(C)C)NC1C1CCCC1. The Morgan fingerprint density at radius 1 is 1.32 bits per heavy atom. The minimum absolute atomic E-state index is 0.0717. The smallest absolute Gasteiger partial charge is 0.241 e. The third-order valence-corrected chi connectivity index (χ3v) is 4.59. The van der Waals surface area contributed by atoms with Crippen LogP contribution in [0.4, 0.5) is 0 Å². The zero-order chi connectivity index (χ0) is 13.8. The van der Waals surface area contributed by atoms with Gasteiger partial charge in [0.15, 0.2) is 0 Å². The lowest BCUT2D eigenvalue weighted by molar-refractivity contribution is -0.131. The van der Waals surface area contributed by atoms with Gasteiger partial charge in [0.05, 0.1) is 12.2 Å². The van der Waals surface area contributed by atoms with E-state index in [-0.39, 0.29) is 6.04 Å². The fraction of sp³-hybridized carbons (Fsp3) is 0.938. The van der Waals surface area contributed by atoms with Crippen LogP contribution in [0, 0.1) is 11.8 Å². The Balaban J connectivity index is 2.03. The average Bonchev–Trinajstić information content (AvgIpc) is 2.97. The van der Waals surface area contributed by atoms with Crippen LogP contribution >= 0.6 is 0 Å². The molecule has 1 heterocycles. The van der Waals surface area contributed by atoms with Gasteiger partial charge in [0, 0.05) is 6.54 Å². The summed E-state index contributed by atoms with van der Waals surface area (Å²) in [4.78, 5) is 14.7. The quantitative estimate of drug-likeness (QED) is 0.801. The van der Waals surface area contributed by atoms with Crippen molar-refractivity contribution in [1.29, 1.82) is 0 Å². The molecule has 2 aliphatic rings. The first kappa shape index (κ1) is 14.8. The Bertz CT molecular complexity index is 297. The Kier molecular flexibility index (Phi) is 5.26. The van der Waals surface area contributed by atoms with Gasteiger partial charge in [-0.05, 0) is 37.5 Å². The summed E-state index contributed by atoms with van der Waals surface area (Å²) in [6.07, 6.45) is 8.86. The molecule has 1 saturated carbocycles. The molecule has 0 aromatic heterocycles. The summed E-state index contributed by atoms with van der Waals surface area (Å²) >= 11 is 0. The zero-order valence-corrected chi connectivity index (χ0v) is 12.8. The molecule has 1 saturated heterocycles. The van der Waals surface area contributed by atoms with Crippen molar-refractivity contribution in [2.45, 2.75) is 77.9 Å². The standard InChI is InChI=1S/C16H30N2O/c1-4-5-10-18-15(13-8-6-7-9-13)17-14(16(18)19)11-12(2)3/h12-15,17H,4-11H2,1-3H3. The molecule has 0 aromatic carbocycles. The molecule has 19 heavy (non-hydrogen) atoms. The van der Waals surface area contributed by atoms with Crippen molar-refractivity contribution in [3.63, 3.8) is 0 Å². The van der Waals surface area contributed by atoms with Gasteiger partial charge in [-0.15, -0.1) is 0 Å². The van der Waals surface area contributed by atoms with Crippen LogP contribution in [0.25, 0.3) is 0 Å². The molecule has 3 heteroatoms. The molecule has 1 amide bonds. The maximum absolute atomic E-state index is 12.6. The molecule has 2 atom stereocenters. The third kappa shape index (κ3) is 3.50. The summed E-state index contributed by atoms with van der Waals surface area (Å²) in [5.41, 5.74) is 0. The highest BCUT2D eigenvalue weighted by Gasteiger charge is 2.42. The second kappa shape index (κ2) is 6.74. The highest BCUT2D eigenvalue weighted by molar-refractivity contribution is 5.84. The number of nitrogens with one attached hydrogen (secondary N) is 1. The summed E-state index contributed by atoms with van der Waals surface area (Å²) in [7, 11) is 0. The van der Waals surface area contributed by atoms with Gasteiger partial charge in [-0.25, -0.2) is 0 Å². The molecule has 0 spiro atoms. The summed E-state index contributed by atoms with van der Waals surface area (Å²) in [5.74, 6) is 1.63. The van der Waals surface area contributed by atoms with Gasteiger partial charge in [-0.3, -0.25) is 10.1 Å². The number of hydrogen-bond acceptors (Lipinski definition) is 2. The summed E-state index contributed by atoms with van der Waals surface area (Å²) in [6.45, 7) is 7.55. The lowest BCUT2D eigenvalue weighted by Crippen LogP contribution is -2.43. The molecule has 2 fully saturated rings. The largest absolute Gasteiger partial charge is 0.326 e. The number of nitrogens with zero attached hydrogens (tertiary/aromatic N) is 1. The Labute approximate surface area is 118 Å². The van der Waals surface area contributed by atoms with Crippen molar-refractivity contribution in [3.8, 4) is 0 Å². The maximum Gasteiger partial charge on any atom is 0.241 e. The molecule has 3 nitrogen and oxygen atoms in total. The first-order valence-electron chi connectivity index (χ1n) is 8.20. The summed E-state index contributed by atoms with van der Waals surface area (Å²) in [5, 5.41) is 3.65. The van der Waals surface area contributed by atoms with Gasteiger partial charge in [0.2, 0.25) is 5.91 Å². The molecule has 0 radical (unpaired) electrons. The first-order chi connectivity index (χ1) is 9.13. The number of carbonyl (C=O) groups excluding carboxylic acids is 1. The predicted octanol–water partition coefficient (Wildman–Crippen LogP) is 3.15. The maximum atomic E-state index is 12.6. The minimum atomic E-state index is 0.0717. The van der Waals surface area contributed by atoms with E-state index in [1.54, 1.807) is 0 Å². The minimum Gasteiger partial charge on any atom is -0.326 e. The second-order valence-corrected chi connectivity index (χ2v) is 6.72. The van der Waals surface area contributed by atoms with Crippen molar-refractivity contribution in [2.75, 3.05) is 6.54 Å². The fourth-order valence-corrected chi connectivity index (χ4v) is 3.59. The molecule has 0 bridgehead atoms. The molecular weight excluding hydrogens is 236 g/mol. The van der Waals surface area contributed by atoms with Gasteiger partial charge in [-0.2, -0.15) is 0 Å². The average molecular weight is 266 g/mol. The molecule has 1 aliphatic heterocycles. The van der Waals surface area contributed by atoms with Crippen LogP contribution in [-0.2, 0) is 4.79 Å². The number of carbonyl (C=O) groups is 1. The van der Waals surface area contributed by atoms with Gasteiger partial charge >= 0.3 is 0 Å². The van der Waals surface area contributed by atoms with Crippen molar-refractivity contribution in [3.05, 3.63) is 0 Å². The van der Waals surface area contributed by atoms with Crippen LogP contribution < -0.4 is 5.32 Å². The third-order valence-electron chi connectivity index (χ3n) is 4.59. The van der Waals surface area contributed by atoms with E-state index in [9.17, 15) is 4.79 Å². The van der Waals surface area contributed by atoms with Crippen LogP contribution in [0.2, 0.25) is 0 Å². The number of hydrogen-bond donors (Lipinski definition) is 1. The molecule has 2 unspecified atom stereocenters. The lowest BCUT2D eigenvalue weighted by atomic mass is 10.0. The van der Waals surface area contributed by atoms with E-state index in [0.717, 1.165) is 25.8 Å². The van der Waals surface area contributed by atoms with E-state index in [0.29, 0.717) is 23.9 Å². The zero-order valence-electron chi connectivity index (χ0n) is 12.8. The summed E-state index contributed by atoms with van der Waals surface area (Å²) < 4.78 is 0. The van der Waals surface area contributed by atoms with Crippen molar-refractivity contribution in [1.82, 2.24) is 10.2 Å². The summed E-state index contributed by atoms with van der Waals surface area (Å²) in [6, 6.07) is 0.0717. The Hall–Kier alpha value is -0.570. The molecule has 1 aliphatic carbocycles. The molecular formula is C16H30N2O. The van der Waals surface area contributed by atoms with Crippen LogP contribution in [0.5, 0.6) is 0 Å². The van der Waals surface area contributed by atoms with Gasteiger partial charge in [0.1, 0.15) is 0 Å².